The van der Waals surface area contributed by atoms with Crippen molar-refractivity contribution in [3.8, 4) is 11.5 Å². The molecule has 1 heterocycles. The quantitative estimate of drug-likeness (QED) is 0.669. The Bertz CT molecular complexity index is 604. The number of ether oxygens (including phenoxy) is 1. The van der Waals surface area contributed by atoms with Crippen LogP contribution in [0.1, 0.15) is 5.69 Å². The third-order valence-electron chi connectivity index (χ3n) is 2.14. The molecule has 2 rings (SSSR count). The zero-order valence-corrected chi connectivity index (χ0v) is 11.5. The van der Waals surface area contributed by atoms with Crippen molar-refractivity contribution in [3.63, 3.8) is 0 Å². The summed E-state index contributed by atoms with van der Waals surface area (Å²) in [6, 6.07) is 8.58. The molecule has 0 aliphatic heterocycles. The monoisotopic (exact) mass is 325 g/mol. The van der Waals surface area contributed by atoms with Gasteiger partial charge >= 0.3 is 0 Å². The highest BCUT2D eigenvalue weighted by atomic mass is 79.9. The lowest BCUT2D eigenvalue weighted by Crippen LogP contribution is -2.14. The molecule has 0 aliphatic rings. The van der Waals surface area contributed by atoms with Crippen molar-refractivity contribution in [1.29, 1.82) is 5.41 Å². The zero-order chi connectivity index (χ0) is 13.1. The number of pyridine rings is 1. The third kappa shape index (κ3) is 2.80. The second-order valence-electron chi connectivity index (χ2n) is 3.44. The van der Waals surface area contributed by atoms with E-state index in [0.29, 0.717) is 26.7 Å². The van der Waals surface area contributed by atoms with Gasteiger partial charge in [-0.1, -0.05) is 11.6 Å². The van der Waals surface area contributed by atoms with E-state index in [1.807, 2.05) is 0 Å². The first kappa shape index (κ1) is 12.9. The lowest BCUT2D eigenvalue weighted by molar-refractivity contribution is 0.476. The largest absolute Gasteiger partial charge is 0.454 e. The lowest BCUT2D eigenvalue weighted by Gasteiger charge is -2.10. The van der Waals surface area contributed by atoms with Crippen molar-refractivity contribution < 1.29 is 4.74 Å². The van der Waals surface area contributed by atoms with Gasteiger partial charge in [-0.3, -0.25) is 5.41 Å². The third-order valence-corrected chi connectivity index (χ3v) is 2.99. The van der Waals surface area contributed by atoms with Crippen LogP contribution in [0.4, 0.5) is 0 Å². The van der Waals surface area contributed by atoms with Crippen LogP contribution in [0.2, 0.25) is 5.02 Å². The fourth-order valence-corrected chi connectivity index (χ4v) is 2.12. The summed E-state index contributed by atoms with van der Waals surface area (Å²) in [6.45, 7) is 0. The van der Waals surface area contributed by atoms with Gasteiger partial charge in [-0.25, -0.2) is 4.98 Å². The summed E-state index contributed by atoms with van der Waals surface area (Å²) < 4.78 is 6.38. The Morgan fingerprint density at radius 1 is 1.33 bits per heavy atom. The number of nitrogens with zero attached hydrogens (tertiary/aromatic N) is 1. The normalized spacial score (nSPS) is 10.1. The number of benzene rings is 1. The molecule has 0 aliphatic carbocycles. The molecular weight excluding hydrogens is 318 g/mol. The summed E-state index contributed by atoms with van der Waals surface area (Å²) in [6.07, 6.45) is 1.56. The summed E-state index contributed by atoms with van der Waals surface area (Å²) in [5.41, 5.74) is 5.74. The maximum atomic E-state index is 7.43. The van der Waals surface area contributed by atoms with Gasteiger partial charge in [-0.2, -0.15) is 0 Å². The number of aromatic nitrogens is 1. The maximum Gasteiger partial charge on any atom is 0.156 e. The van der Waals surface area contributed by atoms with Crippen molar-refractivity contribution in [2.24, 2.45) is 5.73 Å². The second kappa shape index (κ2) is 5.37. The number of hydrogen-bond donors (Lipinski definition) is 2. The number of rotatable bonds is 3. The molecule has 0 bridgehead atoms. The van der Waals surface area contributed by atoms with Crippen LogP contribution in [-0.2, 0) is 0 Å². The standard InChI is InChI=1S/C12H9BrClN3O/c13-8-6-7(14)3-4-9(8)18-10-2-1-5-17-11(10)12(15)16/h1-6H,(H3,15,16). The number of nitrogens with one attached hydrogen (secondary N) is 1. The Kier molecular flexibility index (Phi) is 3.84. The highest BCUT2D eigenvalue weighted by molar-refractivity contribution is 9.10. The molecule has 0 unspecified atom stereocenters. The van der Waals surface area contributed by atoms with E-state index in [4.69, 9.17) is 27.5 Å². The van der Waals surface area contributed by atoms with E-state index in [2.05, 4.69) is 20.9 Å². The highest BCUT2D eigenvalue weighted by Crippen LogP contribution is 2.32. The minimum atomic E-state index is -0.143. The average molecular weight is 327 g/mol. The van der Waals surface area contributed by atoms with Crippen LogP contribution in [0.5, 0.6) is 11.5 Å². The van der Waals surface area contributed by atoms with Gasteiger partial charge in [0.2, 0.25) is 0 Å². The number of nitrogen functional groups attached to an aromatic ring is 1. The van der Waals surface area contributed by atoms with E-state index in [-0.39, 0.29) is 5.84 Å². The van der Waals surface area contributed by atoms with Crippen LogP contribution in [0.25, 0.3) is 0 Å². The summed E-state index contributed by atoms with van der Waals surface area (Å²) >= 11 is 9.20. The molecule has 0 saturated heterocycles. The van der Waals surface area contributed by atoms with Crippen LogP contribution < -0.4 is 10.5 Å². The molecule has 6 heteroatoms. The van der Waals surface area contributed by atoms with Crippen LogP contribution in [0.15, 0.2) is 41.0 Å². The Labute approximate surface area is 117 Å². The van der Waals surface area contributed by atoms with Gasteiger partial charge in [0, 0.05) is 11.2 Å². The molecule has 3 N–H and O–H groups in total. The van der Waals surface area contributed by atoms with Crippen LogP contribution in [-0.4, -0.2) is 10.8 Å². The molecule has 0 spiro atoms. The second-order valence-corrected chi connectivity index (χ2v) is 4.73. The van der Waals surface area contributed by atoms with Crippen molar-refractivity contribution in [3.05, 3.63) is 51.7 Å². The van der Waals surface area contributed by atoms with E-state index in [0.717, 1.165) is 0 Å². The Hall–Kier alpha value is -1.59. The van der Waals surface area contributed by atoms with Crippen molar-refractivity contribution in [2.45, 2.75) is 0 Å². The molecule has 92 valence electrons. The fraction of sp³-hybridized carbons (Fsp3) is 0. The van der Waals surface area contributed by atoms with E-state index in [1.54, 1.807) is 36.5 Å². The van der Waals surface area contributed by atoms with E-state index >= 15 is 0 Å². The van der Waals surface area contributed by atoms with Crippen molar-refractivity contribution in [1.82, 2.24) is 4.98 Å². The number of amidine groups is 1. The first-order valence-electron chi connectivity index (χ1n) is 5.00. The summed E-state index contributed by atoms with van der Waals surface area (Å²) in [4.78, 5) is 4.01. The molecule has 0 amide bonds. The van der Waals surface area contributed by atoms with E-state index < -0.39 is 0 Å². The molecule has 0 radical (unpaired) electrons. The molecule has 0 atom stereocenters. The fourth-order valence-electron chi connectivity index (χ4n) is 1.35. The van der Waals surface area contributed by atoms with Crippen LogP contribution >= 0.6 is 27.5 Å². The molecule has 1 aromatic heterocycles. The first-order chi connectivity index (χ1) is 8.58. The first-order valence-corrected chi connectivity index (χ1v) is 6.17. The Balaban J connectivity index is 2.37. The van der Waals surface area contributed by atoms with Gasteiger partial charge < -0.3 is 10.5 Å². The molecule has 0 saturated carbocycles. The van der Waals surface area contributed by atoms with E-state index in [1.165, 1.54) is 0 Å². The Morgan fingerprint density at radius 3 is 2.78 bits per heavy atom. The number of nitrogens with two attached hydrogens (primary N) is 1. The van der Waals surface area contributed by atoms with Gasteiger partial charge in [0.15, 0.2) is 5.75 Å². The summed E-state index contributed by atoms with van der Waals surface area (Å²) in [7, 11) is 0. The predicted octanol–water partition coefficient (Wildman–Crippen LogP) is 3.57. The average Bonchev–Trinajstić information content (AvgIpc) is 2.33. The van der Waals surface area contributed by atoms with Gasteiger partial charge in [-0.15, -0.1) is 0 Å². The van der Waals surface area contributed by atoms with Crippen molar-refractivity contribution >= 4 is 33.4 Å². The van der Waals surface area contributed by atoms with Gasteiger partial charge in [0.05, 0.1) is 4.47 Å². The molecule has 2 aromatic rings. The number of hydrogen-bond acceptors (Lipinski definition) is 3. The van der Waals surface area contributed by atoms with Gasteiger partial charge in [0.1, 0.15) is 17.3 Å². The minimum absolute atomic E-state index is 0.143. The van der Waals surface area contributed by atoms with Crippen LogP contribution in [0, 0.1) is 5.41 Å². The topological polar surface area (TPSA) is 72.0 Å². The lowest BCUT2D eigenvalue weighted by atomic mass is 10.3. The van der Waals surface area contributed by atoms with Crippen molar-refractivity contribution in [2.75, 3.05) is 0 Å². The van der Waals surface area contributed by atoms with Gasteiger partial charge in [0.25, 0.3) is 0 Å². The van der Waals surface area contributed by atoms with Gasteiger partial charge in [-0.05, 0) is 46.3 Å². The minimum Gasteiger partial charge on any atom is -0.454 e. The predicted molar refractivity (Wildman–Crippen MR) is 74.5 cm³/mol. The maximum absolute atomic E-state index is 7.43. The molecule has 4 nitrogen and oxygen atoms in total. The summed E-state index contributed by atoms with van der Waals surface area (Å²) in [5.74, 6) is 0.860. The zero-order valence-electron chi connectivity index (χ0n) is 9.15. The summed E-state index contributed by atoms with van der Waals surface area (Å²) in [5, 5.41) is 8.04. The molecule has 18 heavy (non-hydrogen) atoms. The molecular formula is C12H9BrClN3O. The number of halogens is 2. The SMILES string of the molecule is N=C(N)c1ncccc1Oc1ccc(Cl)cc1Br. The van der Waals surface area contributed by atoms with Crippen LogP contribution in [0.3, 0.4) is 0 Å². The Morgan fingerprint density at radius 2 is 2.11 bits per heavy atom. The highest BCUT2D eigenvalue weighted by Gasteiger charge is 2.10. The molecule has 1 aromatic carbocycles. The van der Waals surface area contributed by atoms with E-state index in [9.17, 15) is 0 Å². The molecule has 0 fully saturated rings. The smallest absolute Gasteiger partial charge is 0.156 e.